The Morgan fingerprint density at radius 3 is 2.21 bits per heavy atom. The maximum Gasteiger partial charge on any atom is 0.191 e. The summed E-state index contributed by atoms with van der Waals surface area (Å²) in [5.41, 5.74) is 1.14. The Morgan fingerprint density at radius 2 is 1.71 bits per heavy atom. The Morgan fingerprint density at radius 1 is 1.11 bits per heavy atom. The number of hydrogen-bond donors (Lipinski definition) is 0. The van der Waals surface area contributed by atoms with E-state index in [-0.39, 0.29) is 23.0 Å². The van der Waals surface area contributed by atoms with Crippen LogP contribution in [0.15, 0.2) is 49.1 Å². The van der Waals surface area contributed by atoms with Crippen molar-refractivity contribution in [1.29, 1.82) is 0 Å². The molecular weight excluding hydrogens is 364 g/mol. The largest absolute Gasteiger partial charge is 0.497 e. The van der Waals surface area contributed by atoms with Gasteiger partial charge in [-0.25, -0.2) is 0 Å². The summed E-state index contributed by atoms with van der Waals surface area (Å²) in [6.07, 6.45) is 6.04. The van der Waals surface area contributed by atoms with Gasteiger partial charge in [0.25, 0.3) is 0 Å². The van der Waals surface area contributed by atoms with Crippen LogP contribution in [0.5, 0.6) is 5.75 Å². The molecule has 0 fully saturated rings. The fourth-order valence-corrected chi connectivity index (χ4v) is 3.88. The zero-order valence-corrected chi connectivity index (χ0v) is 20.1. The molecule has 0 aliphatic carbocycles. The highest BCUT2D eigenvalue weighted by Gasteiger charge is 2.38. The number of hydrogen-bond acceptors (Lipinski definition) is 3. The van der Waals surface area contributed by atoms with Gasteiger partial charge in [-0.1, -0.05) is 71.6 Å². The molecule has 1 aromatic carbocycles. The predicted octanol–water partition coefficient (Wildman–Crippen LogP) is 6.62. The van der Waals surface area contributed by atoms with Crippen LogP contribution in [0.1, 0.15) is 40.2 Å². The minimum Gasteiger partial charge on any atom is -0.497 e. The van der Waals surface area contributed by atoms with E-state index in [4.69, 9.17) is 13.9 Å². The first-order valence-electron chi connectivity index (χ1n) is 10.2. The molecule has 3 atom stereocenters. The van der Waals surface area contributed by atoms with Gasteiger partial charge in [0.05, 0.1) is 19.8 Å². The number of ether oxygens (including phenoxy) is 2. The van der Waals surface area contributed by atoms with Gasteiger partial charge < -0.3 is 13.9 Å². The average Bonchev–Trinajstić information content (AvgIpc) is 2.64. The second-order valence-corrected chi connectivity index (χ2v) is 14.0. The van der Waals surface area contributed by atoms with E-state index in [2.05, 4.69) is 72.5 Å². The van der Waals surface area contributed by atoms with Crippen LogP contribution in [-0.2, 0) is 15.8 Å². The van der Waals surface area contributed by atoms with Crippen molar-refractivity contribution in [3.05, 3.63) is 54.6 Å². The Balaban J connectivity index is 2.82. The lowest BCUT2D eigenvalue weighted by atomic mass is 9.93. The summed E-state index contributed by atoms with van der Waals surface area (Å²) in [5, 5.41) is 0.209. The second kappa shape index (κ2) is 11.0. The van der Waals surface area contributed by atoms with Gasteiger partial charge in [0, 0.05) is 18.4 Å². The molecule has 0 radical (unpaired) electrons. The lowest BCUT2D eigenvalue weighted by Crippen LogP contribution is -2.43. The topological polar surface area (TPSA) is 27.7 Å². The van der Waals surface area contributed by atoms with Gasteiger partial charge in [-0.15, -0.1) is 0 Å². The van der Waals surface area contributed by atoms with E-state index in [0.717, 1.165) is 17.9 Å². The van der Waals surface area contributed by atoms with Gasteiger partial charge in [0.2, 0.25) is 0 Å². The summed E-state index contributed by atoms with van der Waals surface area (Å²) in [4.78, 5) is 0. The van der Waals surface area contributed by atoms with Gasteiger partial charge in [-0.2, -0.15) is 0 Å². The van der Waals surface area contributed by atoms with E-state index in [0.29, 0.717) is 6.61 Å². The van der Waals surface area contributed by atoms with Crippen LogP contribution in [0.3, 0.4) is 0 Å². The quantitative estimate of drug-likeness (QED) is 0.306. The van der Waals surface area contributed by atoms with E-state index < -0.39 is 8.32 Å². The molecule has 0 saturated carbocycles. The van der Waals surface area contributed by atoms with E-state index in [9.17, 15) is 0 Å². The van der Waals surface area contributed by atoms with Gasteiger partial charge in [0.1, 0.15) is 5.75 Å². The minimum absolute atomic E-state index is 0.0723. The molecule has 158 valence electrons. The maximum atomic E-state index is 6.47. The molecule has 0 saturated heterocycles. The smallest absolute Gasteiger partial charge is 0.191 e. The average molecular weight is 405 g/mol. The fourth-order valence-electron chi connectivity index (χ4n) is 2.76. The highest BCUT2D eigenvalue weighted by Crippen LogP contribution is 2.37. The Kier molecular flexibility index (Phi) is 9.68. The molecule has 0 aliphatic heterocycles. The molecule has 0 aliphatic rings. The molecule has 3 nitrogen and oxygen atoms in total. The molecule has 1 aromatic rings. The van der Waals surface area contributed by atoms with Crippen LogP contribution in [0.2, 0.25) is 18.1 Å². The molecule has 0 amide bonds. The number of rotatable bonds is 11. The molecular formula is C24H40O3Si. The number of allylic oxidation sites excluding steroid dienone is 2. The van der Waals surface area contributed by atoms with E-state index in [1.807, 2.05) is 24.3 Å². The van der Waals surface area contributed by atoms with Crippen molar-refractivity contribution in [2.24, 2.45) is 11.8 Å². The zero-order valence-electron chi connectivity index (χ0n) is 19.1. The Hall–Kier alpha value is -1.36. The summed E-state index contributed by atoms with van der Waals surface area (Å²) >= 11 is 0. The lowest BCUT2D eigenvalue weighted by molar-refractivity contribution is -0.0293. The molecule has 0 N–H and O–H groups in total. The third-order valence-electron chi connectivity index (χ3n) is 5.74. The lowest BCUT2D eigenvalue weighted by Gasteiger charge is -2.38. The molecule has 1 rings (SSSR count). The summed E-state index contributed by atoms with van der Waals surface area (Å²) in [5.74, 6) is 1.42. The zero-order chi connectivity index (χ0) is 21.4. The van der Waals surface area contributed by atoms with Crippen molar-refractivity contribution in [2.45, 2.75) is 65.5 Å². The van der Waals surface area contributed by atoms with E-state index in [1.54, 1.807) is 7.11 Å². The fraction of sp³-hybridized carbons (Fsp3) is 0.583. The van der Waals surface area contributed by atoms with Crippen LogP contribution in [0.25, 0.3) is 0 Å². The van der Waals surface area contributed by atoms with Crippen LogP contribution >= 0.6 is 0 Å². The van der Waals surface area contributed by atoms with E-state index >= 15 is 0 Å². The SMILES string of the molecule is C=CC=CC(C)C(OCc1ccc(OC)cc1)C(C)CO[Si](C)(C)C(C)(C)C. The van der Waals surface area contributed by atoms with Gasteiger partial charge in [0.15, 0.2) is 8.32 Å². The molecule has 0 heterocycles. The molecule has 0 bridgehead atoms. The van der Waals surface area contributed by atoms with Crippen LogP contribution in [0, 0.1) is 11.8 Å². The molecule has 3 unspecified atom stereocenters. The van der Waals surface area contributed by atoms with Crippen molar-refractivity contribution in [3.63, 3.8) is 0 Å². The number of methoxy groups -OCH3 is 1. The molecule has 0 spiro atoms. The van der Waals surface area contributed by atoms with Crippen molar-refractivity contribution in [3.8, 4) is 5.75 Å². The molecule has 4 heteroatoms. The summed E-state index contributed by atoms with van der Waals surface area (Å²) < 4.78 is 18.1. The number of benzene rings is 1. The predicted molar refractivity (Wildman–Crippen MR) is 122 cm³/mol. The van der Waals surface area contributed by atoms with E-state index in [1.165, 1.54) is 0 Å². The van der Waals surface area contributed by atoms with Crippen LogP contribution in [-0.4, -0.2) is 28.1 Å². The molecule has 28 heavy (non-hydrogen) atoms. The summed E-state index contributed by atoms with van der Waals surface area (Å²) in [7, 11) is -0.0950. The molecule has 0 aromatic heterocycles. The highest BCUT2D eigenvalue weighted by atomic mass is 28.4. The second-order valence-electron chi connectivity index (χ2n) is 9.15. The van der Waals surface area contributed by atoms with Crippen molar-refractivity contribution < 1.29 is 13.9 Å². The highest BCUT2D eigenvalue weighted by molar-refractivity contribution is 6.74. The van der Waals surface area contributed by atoms with Crippen LogP contribution in [0.4, 0.5) is 0 Å². The first-order chi connectivity index (χ1) is 13.0. The van der Waals surface area contributed by atoms with Crippen molar-refractivity contribution >= 4 is 8.32 Å². The monoisotopic (exact) mass is 404 g/mol. The normalized spacial score (nSPS) is 16.0. The van der Waals surface area contributed by atoms with Crippen molar-refractivity contribution in [2.75, 3.05) is 13.7 Å². The van der Waals surface area contributed by atoms with Crippen molar-refractivity contribution in [1.82, 2.24) is 0 Å². The van der Waals surface area contributed by atoms with Gasteiger partial charge in [-0.3, -0.25) is 0 Å². The minimum atomic E-state index is -1.77. The van der Waals surface area contributed by atoms with Gasteiger partial charge in [-0.05, 0) is 35.8 Å². The third kappa shape index (κ3) is 7.57. The maximum absolute atomic E-state index is 6.47. The summed E-state index contributed by atoms with van der Waals surface area (Å²) in [6, 6.07) is 8.05. The van der Waals surface area contributed by atoms with Crippen LogP contribution < -0.4 is 4.74 Å². The third-order valence-corrected chi connectivity index (χ3v) is 10.2. The standard InChI is InChI=1S/C24H40O3Si/c1-10-11-12-19(2)23(20(3)17-27-28(8,9)24(4,5)6)26-18-21-13-15-22(25-7)16-14-21/h10-16,19-20,23H,1,17-18H2,2-9H3. The summed E-state index contributed by atoms with van der Waals surface area (Å²) in [6.45, 7) is 20.9. The first kappa shape index (κ1) is 24.7. The van der Waals surface area contributed by atoms with Gasteiger partial charge >= 0.3 is 0 Å². The first-order valence-corrected chi connectivity index (χ1v) is 13.1. The Labute approximate surface area is 173 Å². The Bertz CT molecular complexity index is 614.